The first kappa shape index (κ1) is 9.71. The molecule has 1 aliphatic heterocycles. The molecule has 2 unspecified atom stereocenters. The average molecular weight is 271 g/mol. The molecule has 1 saturated heterocycles. The highest BCUT2D eigenvalue weighted by Crippen LogP contribution is 2.28. The van der Waals surface area contributed by atoms with Gasteiger partial charge in [0, 0.05) is 36.0 Å². The fourth-order valence-electron chi connectivity index (χ4n) is 1.64. The summed E-state index contributed by atoms with van der Waals surface area (Å²) < 4.78 is 15.3. The van der Waals surface area contributed by atoms with Crippen LogP contribution in [0.2, 0.25) is 0 Å². The summed E-state index contributed by atoms with van der Waals surface area (Å²) in [6.07, 6.45) is 0.405. The topological polar surface area (TPSA) is 3.24 Å². The van der Waals surface area contributed by atoms with Crippen molar-refractivity contribution in [1.29, 1.82) is 0 Å². The number of alkyl halides is 1. The zero-order valence-corrected chi connectivity index (χ0v) is 9.21. The van der Waals surface area contributed by atoms with Crippen LogP contribution < -0.4 is 0 Å². The van der Waals surface area contributed by atoms with Crippen LogP contribution in [0.5, 0.6) is 0 Å². The van der Waals surface area contributed by atoms with Crippen molar-refractivity contribution in [2.45, 2.75) is 26.4 Å². The number of halogens is 2. The van der Waals surface area contributed by atoms with Gasteiger partial charge in [0.2, 0.25) is 0 Å². The van der Waals surface area contributed by atoms with E-state index in [-0.39, 0.29) is 0 Å². The van der Waals surface area contributed by atoms with Gasteiger partial charge in [-0.15, -0.1) is 0 Å². The Morgan fingerprint density at radius 3 is 2.64 bits per heavy atom. The zero-order chi connectivity index (χ0) is 8.43. The van der Waals surface area contributed by atoms with E-state index in [4.69, 9.17) is 0 Å². The van der Waals surface area contributed by atoms with Crippen molar-refractivity contribution in [2.75, 3.05) is 13.1 Å². The van der Waals surface area contributed by atoms with Gasteiger partial charge in [0.05, 0.1) is 0 Å². The summed E-state index contributed by atoms with van der Waals surface area (Å²) in [4.78, 5) is 0. The highest BCUT2D eigenvalue weighted by Gasteiger charge is 2.29. The molecule has 1 fully saturated rings. The van der Waals surface area contributed by atoms with Crippen LogP contribution in [-0.4, -0.2) is 22.4 Å². The predicted molar refractivity (Wildman–Crippen MR) is 53.4 cm³/mol. The minimum absolute atomic E-state index is 0.293. The number of hydrogen-bond acceptors (Lipinski definition) is 1. The Morgan fingerprint density at radius 2 is 2.18 bits per heavy atom. The molecule has 1 nitrogen and oxygen atoms in total. The Labute approximate surface area is 81.8 Å². The van der Waals surface area contributed by atoms with Crippen molar-refractivity contribution in [1.82, 2.24) is 3.11 Å². The Morgan fingerprint density at radius 1 is 1.55 bits per heavy atom. The fourth-order valence-corrected chi connectivity index (χ4v) is 2.29. The minimum atomic E-state index is -0.611. The molecule has 0 amide bonds. The second kappa shape index (κ2) is 4.03. The number of piperidine rings is 1. The first-order valence-corrected chi connectivity index (χ1v) is 5.12. The van der Waals surface area contributed by atoms with Crippen molar-refractivity contribution in [3.8, 4) is 0 Å². The minimum Gasteiger partial charge on any atom is -0.246 e. The molecule has 0 aromatic heterocycles. The molecular formula is C8H15FIN. The molecule has 0 saturated carbocycles. The molecule has 1 aliphatic rings. The van der Waals surface area contributed by atoms with Gasteiger partial charge in [-0.25, -0.2) is 7.50 Å². The lowest BCUT2D eigenvalue weighted by atomic mass is 9.86. The average Bonchev–Trinajstić information content (AvgIpc) is 1.85. The summed E-state index contributed by atoms with van der Waals surface area (Å²) in [5, 5.41) is 0. The Kier molecular flexibility index (Phi) is 3.55. The van der Waals surface area contributed by atoms with Crippen LogP contribution in [0.1, 0.15) is 20.3 Å². The monoisotopic (exact) mass is 271 g/mol. The molecule has 0 radical (unpaired) electrons. The van der Waals surface area contributed by atoms with E-state index >= 15 is 0 Å². The maximum Gasteiger partial charge on any atom is 0.117 e. The van der Waals surface area contributed by atoms with Crippen molar-refractivity contribution in [2.24, 2.45) is 11.8 Å². The number of nitrogens with zero attached hydrogens (tertiary/aromatic N) is 1. The van der Waals surface area contributed by atoms with E-state index in [1.807, 2.05) is 3.11 Å². The van der Waals surface area contributed by atoms with Gasteiger partial charge in [0.25, 0.3) is 0 Å². The normalized spacial score (nSPS) is 34.6. The summed E-state index contributed by atoms with van der Waals surface area (Å²) in [7, 11) is 0. The Balaban J connectivity index is 2.44. The van der Waals surface area contributed by atoms with Crippen molar-refractivity contribution >= 4 is 22.9 Å². The predicted octanol–water partition coefficient (Wildman–Crippen LogP) is 2.65. The standard InChI is InChI=1S/C8H15FIN/c1-6(2)7-3-4-11(10)5-8(7)9/h6-8H,3-5H2,1-2H3. The van der Waals surface area contributed by atoms with Gasteiger partial charge < -0.3 is 0 Å². The van der Waals surface area contributed by atoms with E-state index in [1.165, 1.54) is 0 Å². The van der Waals surface area contributed by atoms with Crippen LogP contribution in [0, 0.1) is 11.8 Å². The van der Waals surface area contributed by atoms with Gasteiger partial charge in [-0.1, -0.05) is 13.8 Å². The maximum atomic E-state index is 13.3. The van der Waals surface area contributed by atoms with Crippen molar-refractivity contribution in [3.63, 3.8) is 0 Å². The van der Waals surface area contributed by atoms with Crippen LogP contribution in [0.4, 0.5) is 4.39 Å². The summed E-state index contributed by atoms with van der Waals surface area (Å²) >= 11 is 2.20. The molecule has 3 heteroatoms. The summed E-state index contributed by atoms with van der Waals surface area (Å²) in [5.41, 5.74) is 0. The molecule has 0 spiro atoms. The molecule has 0 aromatic rings. The summed E-state index contributed by atoms with van der Waals surface area (Å²) in [5.74, 6) is 0.788. The second-order valence-corrected chi connectivity index (χ2v) is 4.95. The Bertz CT molecular complexity index is 129. The lowest BCUT2D eigenvalue weighted by molar-refractivity contribution is 0.113. The smallest absolute Gasteiger partial charge is 0.117 e. The molecule has 66 valence electrons. The zero-order valence-electron chi connectivity index (χ0n) is 7.06. The van der Waals surface area contributed by atoms with Crippen molar-refractivity contribution in [3.05, 3.63) is 0 Å². The van der Waals surface area contributed by atoms with E-state index in [1.54, 1.807) is 0 Å². The first-order chi connectivity index (χ1) is 5.11. The first-order valence-electron chi connectivity index (χ1n) is 4.16. The van der Waals surface area contributed by atoms with E-state index < -0.39 is 6.17 Å². The lowest BCUT2D eigenvalue weighted by Gasteiger charge is -2.33. The third kappa shape index (κ3) is 2.54. The van der Waals surface area contributed by atoms with Gasteiger partial charge in [-0.2, -0.15) is 0 Å². The van der Waals surface area contributed by atoms with Crippen LogP contribution >= 0.6 is 22.9 Å². The van der Waals surface area contributed by atoms with E-state index in [2.05, 4.69) is 36.7 Å². The molecule has 1 rings (SSSR count). The maximum absolute atomic E-state index is 13.3. The van der Waals surface area contributed by atoms with E-state index in [9.17, 15) is 4.39 Å². The van der Waals surface area contributed by atoms with Gasteiger partial charge >= 0.3 is 0 Å². The van der Waals surface area contributed by atoms with Crippen LogP contribution in [0.3, 0.4) is 0 Å². The molecule has 0 bridgehead atoms. The molecule has 11 heavy (non-hydrogen) atoms. The third-order valence-corrected chi connectivity index (χ3v) is 3.27. The SMILES string of the molecule is CC(C)C1CCN(I)CC1F. The molecule has 2 atom stereocenters. The van der Waals surface area contributed by atoms with E-state index in [0.29, 0.717) is 18.4 Å². The Hall–Kier alpha value is 0.620. The molecule has 0 aromatic carbocycles. The molecule has 0 N–H and O–H groups in total. The van der Waals surface area contributed by atoms with Crippen molar-refractivity contribution < 1.29 is 4.39 Å². The molecule has 1 heterocycles. The largest absolute Gasteiger partial charge is 0.246 e. The lowest BCUT2D eigenvalue weighted by Crippen LogP contribution is -2.38. The van der Waals surface area contributed by atoms with Crippen LogP contribution in [-0.2, 0) is 0 Å². The van der Waals surface area contributed by atoms with Gasteiger partial charge in [-0.3, -0.25) is 0 Å². The van der Waals surface area contributed by atoms with Crippen LogP contribution in [0.15, 0.2) is 0 Å². The van der Waals surface area contributed by atoms with Gasteiger partial charge in [-0.05, 0) is 18.3 Å². The van der Waals surface area contributed by atoms with E-state index in [0.717, 1.165) is 13.0 Å². The second-order valence-electron chi connectivity index (χ2n) is 3.58. The van der Waals surface area contributed by atoms with Gasteiger partial charge in [0.1, 0.15) is 6.17 Å². The third-order valence-electron chi connectivity index (χ3n) is 2.40. The summed E-state index contributed by atoms with van der Waals surface area (Å²) in [6, 6.07) is 0. The quantitative estimate of drug-likeness (QED) is 0.523. The number of rotatable bonds is 1. The summed E-state index contributed by atoms with van der Waals surface area (Å²) in [6.45, 7) is 5.88. The highest BCUT2D eigenvalue weighted by molar-refractivity contribution is 14.1. The van der Waals surface area contributed by atoms with Gasteiger partial charge in [0.15, 0.2) is 0 Å². The number of hydrogen-bond donors (Lipinski definition) is 0. The molecule has 0 aliphatic carbocycles. The fraction of sp³-hybridized carbons (Fsp3) is 1.00. The van der Waals surface area contributed by atoms with Crippen LogP contribution in [0.25, 0.3) is 0 Å². The molecular weight excluding hydrogens is 256 g/mol. The highest BCUT2D eigenvalue weighted by atomic mass is 127.